The Balaban J connectivity index is 2.83. The van der Waals surface area contributed by atoms with E-state index in [2.05, 4.69) is 2.79 Å². The van der Waals surface area contributed by atoms with Crippen LogP contribution in [0.15, 0.2) is 12.1 Å². The molecule has 21 heavy (non-hydrogen) atoms. The van der Waals surface area contributed by atoms with E-state index < -0.39 is 76.6 Å². The van der Waals surface area contributed by atoms with Crippen LogP contribution in [0.4, 0.5) is 11.4 Å². The summed E-state index contributed by atoms with van der Waals surface area (Å²) in [6, 6.07) is 1.93. The number of nitro benzene ring substituents is 2. The average Bonchev–Trinajstić information content (AvgIpc) is 2.38. The number of aryl methyl sites for hydroxylation is 1. The summed E-state index contributed by atoms with van der Waals surface area (Å²) in [5.41, 5.74) is -0.743. The van der Waals surface area contributed by atoms with Gasteiger partial charge in [-0.1, -0.05) is 0 Å². The zero-order valence-corrected chi connectivity index (χ0v) is 17.9. The Morgan fingerprint density at radius 2 is 1.71 bits per heavy atom. The van der Waals surface area contributed by atoms with Crippen molar-refractivity contribution in [1.82, 2.24) is 0 Å². The van der Waals surface area contributed by atoms with Crippen molar-refractivity contribution in [2.45, 2.75) is 6.92 Å². The molecule has 1 rings (SSSR count). The minimum atomic E-state index is -2.31. The summed E-state index contributed by atoms with van der Waals surface area (Å²) in [6.45, 7) is 1.42. The van der Waals surface area contributed by atoms with Crippen LogP contribution in [0.3, 0.4) is 0 Å². The Morgan fingerprint density at radius 3 is 2.24 bits per heavy atom. The first kappa shape index (κ1) is 17.9. The maximum absolute atomic E-state index is 10.9. The molecule has 0 spiro atoms. The van der Waals surface area contributed by atoms with E-state index in [1.54, 1.807) is 0 Å². The molecular formula is C7H5N3O9Pb2. The molecule has 0 N–H and O–H groups in total. The summed E-state index contributed by atoms with van der Waals surface area (Å²) in [5, 5.41) is 30.5. The first-order valence-corrected chi connectivity index (χ1v) is 11.2. The van der Waals surface area contributed by atoms with Crippen molar-refractivity contribution >= 4 is 61.7 Å². The van der Waals surface area contributed by atoms with Crippen molar-refractivity contribution in [2.75, 3.05) is 0 Å². The van der Waals surface area contributed by atoms with Crippen molar-refractivity contribution < 1.29 is 21.0 Å². The first-order valence-electron chi connectivity index (χ1n) is 4.90. The van der Waals surface area contributed by atoms with E-state index in [-0.39, 0.29) is 11.3 Å². The van der Waals surface area contributed by atoms with Crippen LogP contribution in [0.2, 0.25) is 0 Å². The second kappa shape index (κ2) is 8.31. The van der Waals surface area contributed by atoms with Crippen LogP contribution in [-0.4, -0.2) is 65.2 Å². The van der Waals surface area contributed by atoms with Crippen molar-refractivity contribution in [3.05, 3.63) is 48.0 Å². The second-order valence-corrected chi connectivity index (χ2v) is 13.9. The number of rotatable bonds is 8. The first-order chi connectivity index (χ1) is 9.82. The van der Waals surface area contributed by atoms with E-state index in [0.717, 1.165) is 12.1 Å². The van der Waals surface area contributed by atoms with Gasteiger partial charge in [-0.3, -0.25) is 0 Å². The molecule has 0 aliphatic heterocycles. The summed E-state index contributed by atoms with van der Waals surface area (Å²) >= 11 is -4.58. The van der Waals surface area contributed by atoms with Crippen molar-refractivity contribution in [1.29, 1.82) is 0 Å². The Hall–Kier alpha value is -1.18. The van der Waals surface area contributed by atoms with Gasteiger partial charge in [-0.15, -0.1) is 0 Å². The van der Waals surface area contributed by atoms with Crippen LogP contribution in [0, 0.1) is 37.3 Å². The molecule has 0 saturated heterocycles. The van der Waals surface area contributed by atoms with Gasteiger partial charge in [0.25, 0.3) is 0 Å². The third kappa shape index (κ3) is 5.61. The Labute approximate surface area is 142 Å². The fraction of sp³-hybridized carbons (Fsp3) is 0.143. The van der Waals surface area contributed by atoms with Gasteiger partial charge in [0.15, 0.2) is 0 Å². The molecule has 0 unspecified atom stereocenters. The van der Waals surface area contributed by atoms with Crippen molar-refractivity contribution in [2.24, 2.45) is 0 Å². The molecule has 0 heterocycles. The number of benzene rings is 1. The van der Waals surface area contributed by atoms with Crippen LogP contribution < -0.4 is 2.69 Å². The Kier molecular flexibility index (Phi) is 7.07. The zero-order valence-electron chi connectivity index (χ0n) is 10.2. The summed E-state index contributed by atoms with van der Waals surface area (Å²) in [4.78, 5) is 29.9. The summed E-state index contributed by atoms with van der Waals surface area (Å²) in [5.74, 6) is -0.112. The molecule has 0 aliphatic carbocycles. The molecule has 14 heteroatoms. The van der Waals surface area contributed by atoms with Gasteiger partial charge in [0.1, 0.15) is 0 Å². The molecule has 1 aromatic rings. The molecule has 0 bridgehead atoms. The van der Waals surface area contributed by atoms with Gasteiger partial charge in [-0.05, 0) is 0 Å². The number of hydrogen-bond donors (Lipinski definition) is 0. The van der Waals surface area contributed by atoms with Crippen molar-refractivity contribution in [3.63, 3.8) is 0 Å². The van der Waals surface area contributed by atoms with E-state index in [4.69, 9.17) is 3.32 Å². The molecule has 1 aromatic carbocycles. The Bertz CT molecular complexity index is 581. The van der Waals surface area contributed by atoms with Crippen LogP contribution in [0.25, 0.3) is 0 Å². The third-order valence-electron chi connectivity index (χ3n) is 1.99. The fourth-order valence-electron chi connectivity index (χ4n) is 1.24. The van der Waals surface area contributed by atoms with E-state index >= 15 is 0 Å². The molecule has 0 aliphatic rings. The van der Waals surface area contributed by atoms with Gasteiger partial charge in [0, 0.05) is 0 Å². The predicted octanol–water partition coefficient (Wildman–Crippen LogP) is 0.484. The van der Waals surface area contributed by atoms with E-state index in [9.17, 15) is 30.3 Å². The molecular weight excluding hydrogens is 684 g/mol. The van der Waals surface area contributed by atoms with Gasteiger partial charge in [0.05, 0.1) is 0 Å². The average molecular weight is 690 g/mol. The molecule has 0 fully saturated rings. The minimum absolute atomic E-state index is 0.112. The summed E-state index contributed by atoms with van der Waals surface area (Å²) in [7, 11) is 0. The summed E-state index contributed by atoms with van der Waals surface area (Å²) in [6.07, 6.45) is 0. The van der Waals surface area contributed by atoms with Crippen molar-refractivity contribution in [3.8, 4) is 5.75 Å². The quantitative estimate of drug-likeness (QED) is 0.164. The zero-order chi connectivity index (χ0) is 16.0. The molecule has 0 aromatic heterocycles. The van der Waals surface area contributed by atoms with E-state index in [1.807, 2.05) is 0 Å². The van der Waals surface area contributed by atoms with Crippen LogP contribution in [0.5, 0.6) is 5.75 Å². The monoisotopic (exact) mass is 691 g/mol. The second-order valence-electron chi connectivity index (χ2n) is 3.31. The SMILES string of the molecule is Cc1cc([N+](=O)[O-])cc([N+](=O)[O-])c1[O][Pb][O][Pb][O][N+](=O)[O-]. The van der Waals surface area contributed by atoms with Gasteiger partial charge >= 0.3 is 143 Å². The van der Waals surface area contributed by atoms with Gasteiger partial charge in [-0.2, -0.15) is 0 Å². The molecule has 0 atom stereocenters. The van der Waals surface area contributed by atoms with E-state index in [0.29, 0.717) is 0 Å². The number of nitrogens with zero attached hydrogens (tertiary/aromatic N) is 3. The standard InChI is InChI=1S/C7H6N2O5.NO3.O.2Pb/c1-4-2-5(8(11)12)3-6(7(4)10)9(13)14;2-1(3)4;;;/h2-3,10H,1H3;;;;/q;-1;;2*+1/p-1. The Morgan fingerprint density at radius 1 is 1.05 bits per heavy atom. The summed E-state index contributed by atoms with van der Waals surface area (Å²) < 4.78 is 14.2. The number of nitro groups is 2. The topological polar surface area (TPSA) is 157 Å². The van der Waals surface area contributed by atoms with Gasteiger partial charge in [-0.25, -0.2) is 0 Å². The van der Waals surface area contributed by atoms with Crippen LogP contribution >= 0.6 is 0 Å². The maximum atomic E-state index is 10.9. The van der Waals surface area contributed by atoms with Crippen LogP contribution in [-0.2, 0) is 3.43 Å². The normalized spacial score (nSPS) is 9.95. The molecule has 12 nitrogen and oxygen atoms in total. The molecule has 0 amide bonds. The molecule has 4 radical (unpaired) electrons. The van der Waals surface area contributed by atoms with Gasteiger partial charge in [0.2, 0.25) is 0 Å². The van der Waals surface area contributed by atoms with E-state index in [1.165, 1.54) is 6.92 Å². The van der Waals surface area contributed by atoms with Crippen LogP contribution in [0.1, 0.15) is 5.56 Å². The number of hydrogen-bond acceptors (Lipinski definition) is 9. The predicted molar refractivity (Wildman–Crippen MR) is 65.8 cm³/mol. The van der Waals surface area contributed by atoms with Gasteiger partial charge < -0.3 is 0 Å². The fourth-order valence-corrected chi connectivity index (χ4v) is 7.12. The number of non-ortho nitro benzene ring substituents is 1. The molecule has 110 valence electrons. The molecule has 0 saturated carbocycles. The third-order valence-corrected chi connectivity index (χ3v) is 10.3.